The molecule has 2 rings (SSSR count). The van der Waals surface area contributed by atoms with Crippen molar-refractivity contribution in [3.8, 4) is 0 Å². The van der Waals surface area contributed by atoms with Gasteiger partial charge >= 0.3 is 11.9 Å². The molecule has 1 aliphatic carbocycles. The van der Waals surface area contributed by atoms with E-state index in [9.17, 15) is 9.59 Å². The normalized spacial score (nSPS) is 16.4. The van der Waals surface area contributed by atoms with Crippen LogP contribution in [0.3, 0.4) is 0 Å². The molecule has 1 saturated carbocycles. The fraction of sp³-hybridized carbons (Fsp3) is 0.957. The zero-order chi connectivity index (χ0) is 37.4. The molecule has 0 aromatic heterocycles. The SMILES string of the molecule is CCCCCCCCCOC(=O)CCCCCC(CCCCCC(=O)OC(CCCCCCCC)CCCCCCCCC)NC1CC2(COC2)C1. The lowest BCUT2D eigenvalue weighted by Crippen LogP contribution is -2.60. The van der Waals surface area contributed by atoms with E-state index in [0.29, 0.717) is 36.9 Å². The van der Waals surface area contributed by atoms with Crippen LogP contribution in [-0.2, 0) is 23.8 Å². The minimum atomic E-state index is -0.0202. The molecule has 52 heavy (non-hydrogen) atoms. The first-order chi connectivity index (χ1) is 25.5. The first-order valence-corrected chi connectivity index (χ1v) is 23.2. The highest BCUT2D eigenvalue weighted by Gasteiger charge is 2.49. The molecule has 6 nitrogen and oxygen atoms in total. The van der Waals surface area contributed by atoms with Crippen LogP contribution in [0.1, 0.15) is 239 Å². The van der Waals surface area contributed by atoms with Crippen LogP contribution in [0.25, 0.3) is 0 Å². The average Bonchev–Trinajstić information content (AvgIpc) is 3.10. The lowest BCUT2D eigenvalue weighted by Gasteiger charge is -2.54. The molecule has 0 aromatic carbocycles. The highest BCUT2D eigenvalue weighted by Crippen LogP contribution is 2.47. The Morgan fingerprint density at radius 3 is 1.46 bits per heavy atom. The summed E-state index contributed by atoms with van der Waals surface area (Å²) < 4.78 is 17.1. The van der Waals surface area contributed by atoms with Gasteiger partial charge in [0.1, 0.15) is 6.10 Å². The van der Waals surface area contributed by atoms with Crippen LogP contribution in [0.2, 0.25) is 0 Å². The maximum absolute atomic E-state index is 12.9. The third kappa shape index (κ3) is 24.3. The van der Waals surface area contributed by atoms with Gasteiger partial charge in [-0.15, -0.1) is 0 Å². The second kappa shape index (κ2) is 32.1. The lowest BCUT2D eigenvalue weighted by atomic mass is 9.64. The maximum Gasteiger partial charge on any atom is 0.306 e. The van der Waals surface area contributed by atoms with Gasteiger partial charge in [0, 0.05) is 30.3 Å². The number of unbranched alkanes of at least 4 members (excludes halogenated alkanes) is 21. The molecule has 2 fully saturated rings. The summed E-state index contributed by atoms with van der Waals surface area (Å²) in [5.74, 6) is 0.00484. The average molecular weight is 734 g/mol. The van der Waals surface area contributed by atoms with Gasteiger partial charge in [-0.2, -0.15) is 0 Å². The Morgan fingerprint density at radius 2 is 0.981 bits per heavy atom. The van der Waals surface area contributed by atoms with Gasteiger partial charge in [-0.1, -0.05) is 156 Å². The molecule has 1 saturated heterocycles. The topological polar surface area (TPSA) is 73.9 Å². The number of hydrogen-bond donors (Lipinski definition) is 1. The molecule has 1 heterocycles. The number of ether oxygens (including phenoxy) is 3. The molecule has 306 valence electrons. The largest absolute Gasteiger partial charge is 0.466 e. The smallest absolute Gasteiger partial charge is 0.306 e. The van der Waals surface area contributed by atoms with Gasteiger partial charge in [-0.3, -0.25) is 9.59 Å². The maximum atomic E-state index is 12.9. The van der Waals surface area contributed by atoms with Crippen molar-refractivity contribution in [1.29, 1.82) is 0 Å². The van der Waals surface area contributed by atoms with Crippen molar-refractivity contribution in [2.24, 2.45) is 5.41 Å². The van der Waals surface area contributed by atoms with Gasteiger partial charge in [-0.05, 0) is 70.6 Å². The minimum absolute atomic E-state index is 0.0202. The van der Waals surface area contributed by atoms with Crippen molar-refractivity contribution in [1.82, 2.24) is 5.32 Å². The van der Waals surface area contributed by atoms with E-state index in [1.54, 1.807) is 0 Å². The quantitative estimate of drug-likeness (QED) is 0.0503. The summed E-state index contributed by atoms with van der Waals surface area (Å²) in [6, 6.07) is 1.13. The molecule has 1 spiro atoms. The molecule has 6 heteroatoms. The molecule has 2 atom stereocenters. The van der Waals surface area contributed by atoms with Crippen molar-refractivity contribution >= 4 is 11.9 Å². The van der Waals surface area contributed by atoms with E-state index in [2.05, 4.69) is 26.1 Å². The molecule has 0 aromatic rings. The van der Waals surface area contributed by atoms with E-state index in [0.717, 1.165) is 83.8 Å². The molecule has 0 amide bonds. The monoisotopic (exact) mass is 734 g/mol. The first-order valence-electron chi connectivity index (χ1n) is 23.2. The molecule has 0 radical (unpaired) electrons. The van der Waals surface area contributed by atoms with Crippen LogP contribution in [0.15, 0.2) is 0 Å². The van der Waals surface area contributed by atoms with Crippen molar-refractivity contribution in [3.05, 3.63) is 0 Å². The standard InChI is InChI=1S/C46H87NO5/c1-4-7-10-13-16-19-26-33-43(32-25-18-15-12-9-6-3)52-45(49)35-28-22-24-31-41(47-42-37-46(38-42)39-50-40-46)30-23-21-27-34-44(48)51-36-29-20-17-14-11-8-5-2/h41-43,47H,4-40H2,1-3H3. The van der Waals surface area contributed by atoms with E-state index >= 15 is 0 Å². The van der Waals surface area contributed by atoms with Gasteiger partial charge in [0.2, 0.25) is 0 Å². The van der Waals surface area contributed by atoms with E-state index in [1.807, 2.05) is 0 Å². The fourth-order valence-corrected chi connectivity index (χ4v) is 8.35. The van der Waals surface area contributed by atoms with Crippen molar-refractivity contribution in [2.45, 2.75) is 257 Å². The summed E-state index contributed by atoms with van der Waals surface area (Å²) in [5.41, 5.74) is 0.472. The molecule has 0 bridgehead atoms. The number of nitrogens with one attached hydrogen (secondary N) is 1. The molecule has 2 aliphatic rings. The van der Waals surface area contributed by atoms with Crippen molar-refractivity contribution < 1.29 is 23.8 Å². The summed E-state index contributed by atoms with van der Waals surface area (Å²) in [6.07, 6.45) is 40.0. The van der Waals surface area contributed by atoms with Crippen molar-refractivity contribution in [2.75, 3.05) is 19.8 Å². The minimum Gasteiger partial charge on any atom is -0.466 e. The van der Waals surface area contributed by atoms with Gasteiger partial charge in [0.15, 0.2) is 0 Å². The summed E-state index contributed by atoms with van der Waals surface area (Å²) in [4.78, 5) is 25.1. The Morgan fingerprint density at radius 1 is 0.558 bits per heavy atom. The van der Waals surface area contributed by atoms with E-state index in [-0.39, 0.29) is 18.0 Å². The molecular weight excluding hydrogens is 647 g/mol. The zero-order valence-corrected chi connectivity index (χ0v) is 34.9. The highest BCUT2D eigenvalue weighted by molar-refractivity contribution is 5.69. The second-order valence-corrected chi connectivity index (χ2v) is 17.1. The van der Waals surface area contributed by atoms with Crippen molar-refractivity contribution in [3.63, 3.8) is 0 Å². The van der Waals surface area contributed by atoms with Gasteiger partial charge in [0.25, 0.3) is 0 Å². The Bertz CT molecular complexity index is 837. The number of hydrogen-bond acceptors (Lipinski definition) is 6. The van der Waals surface area contributed by atoms with E-state index < -0.39 is 0 Å². The summed E-state index contributed by atoms with van der Waals surface area (Å²) in [7, 11) is 0. The van der Waals surface area contributed by atoms with Gasteiger partial charge in [0.05, 0.1) is 19.8 Å². The van der Waals surface area contributed by atoms with Crippen LogP contribution < -0.4 is 5.32 Å². The Labute approximate surface area is 322 Å². The highest BCUT2D eigenvalue weighted by atomic mass is 16.5. The predicted molar refractivity (Wildman–Crippen MR) is 219 cm³/mol. The lowest BCUT2D eigenvalue weighted by molar-refractivity contribution is -0.168. The fourth-order valence-electron chi connectivity index (χ4n) is 8.35. The number of carbonyl (C=O) groups excluding carboxylic acids is 2. The molecule has 1 aliphatic heterocycles. The number of carbonyl (C=O) groups is 2. The van der Waals surface area contributed by atoms with Gasteiger partial charge < -0.3 is 19.5 Å². The number of esters is 2. The second-order valence-electron chi connectivity index (χ2n) is 17.1. The Hall–Kier alpha value is -1.14. The Balaban J connectivity index is 1.62. The summed E-state index contributed by atoms with van der Waals surface area (Å²) in [6.45, 7) is 9.27. The molecular formula is C46H87NO5. The third-order valence-electron chi connectivity index (χ3n) is 11.8. The van der Waals surface area contributed by atoms with Crippen LogP contribution >= 0.6 is 0 Å². The summed E-state index contributed by atoms with van der Waals surface area (Å²) >= 11 is 0. The van der Waals surface area contributed by atoms with Crippen LogP contribution in [0.5, 0.6) is 0 Å². The van der Waals surface area contributed by atoms with Crippen LogP contribution in [-0.4, -0.2) is 49.9 Å². The predicted octanol–water partition coefficient (Wildman–Crippen LogP) is 13.1. The number of rotatable bonds is 38. The van der Waals surface area contributed by atoms with Crippen LogP contribution in [0, 0.1) is 5.41 Å². The first kappa shape index (κ1) is 47.0. The Kier molecular flexibility index (Phi) is 29.1. The molecule has 1 N–H and O–H groups in total. The van der Waals surface area contributed by atoms with Crippen LogP contribution in [0.4, 0.5) is 0 Å². The third-order valence-corrected chi connectivity index (χ3v) is 11.8. The molecule has 2 unspecified atom stereocenters. The zero-order valence-electron chi connectivity index (χ0n) is 34.9. The van der Waals surface area contributed by atoms with E-state index in [1.165, 1.54) is 135 Å². The van der Waals surface area contributed by atoms with E-state index in [4.69, 9.17) is 14.2 Å². The van der Waals surface area contributed by atoms with Gasteiger partial charge in [-0.25, -0.2) is 0 Å². The summed E-state index contributed by atoms with van der Waals surface area (Å²) in [5, 5.41) is 3.99.